The second-order valence-electron chi connectivity index (χ2n) is 16.1. The largest absolute Gasteiger partial charge is 0.506 e. The summed E-state index contributed by atoms with van der Waals surface area (Å²) in [4.78, 5) is 42.4. The SMILES string of the molecule is CC(Oc1ccc(CNC[C@H](O)c2ccc(O)c3[nH]c(=O)ccc23)cc1Cl)c1cc(COc2cccc([C@@H](NC(=O)O[C@H]3CN4CCC3CC4)c3ccccc3)c2)ccc1C(=O)O. The van der Waals surface area contributed by atoms with Gasteiger partial charge >= 0.3 is 12.1 Å². The normalized spacial score (nSPS) is 18.3. The smallest absolute Gasteiger partial charge is 0.408 e. The Kier molecular flexibility index (Phi) is 13.3. The number of pyridine rings is 1. The summed E-state index contributed by atoms with van der Waals surface area (Å²) in [6, 6.07) is 33.0. The molecule has 3 aliphatic rings. The van der Waals surface area contributed by atoms with Crippen LogP contribution >= 0.6 is 11.6 Å². The van der Waals surface area contributed by atoms with Crippen LogP contribution in [-0.4, -0.2) is 69.5 Å². The van der Waals surface area contributed by atoms with Crippen LogP contribution in [0.15, 0.2) is 120 Å². The van der Waals surface area contributed by atoms with Crippen LogP contribution in [0.1, 0.15) is 81.8 Å². The number of amides is 1. The maximum Gasteiger partial charge on any atom is 0.408 e. The second-order valence-corrected chi connectivity index (χ2v) is 16.5. The molecule has 1 unspecified atom stereocenters. The molecule has 5 aromatic carbocycles. The number of phenolic OH excluding ortho intramolecular Hbond substituents is 1. The molecule has 1 amide bonds. The van der Waals surface area contributed by atoms with E-state index in [1.54, 1.807) is 43.3 Å². The van der Waals surface area contributed by atoms with Crippen LogP contribution in [0.5, 0.6) is 17.2 Å². The quantitative estimate of drug-likeness (QED) is 0.0554. The number of aromatic carboxylic acids is 1. The van der Waals surface area contributed by atoms with Gasteiger partial charge < -0.3 is 45.1 Å². The lowest BCUT2D eigenvalue weighted by Gasteiger charge is -2.43. The van der Waals surface area contributed by atoms with E-state index in [2.05, 4.69) is 20.5 Å². The van der Waals surface area contributed by atoms with Crippen molar-refractivity contribution in [3.63, 3.8) is 0 Å². The van der Waals surface area contributed by atoms with E-state index in [0.717, 1.165) is 54.7 Å². The number of carbonyl (C=O) groups is 2. The Labute approximate surface area is 369 Å². The summed E-state index contributed by atoms with van der Waals surface area (Å²) in [6.07, 6.45) is -0.140. The number of fused-ring (bicyclic) bond motifs is 4. The van der Waals surface area contributed by atoms with E-state index in [1.807, 2.05) is 60.7 Å². The van der Waals surface area contributed by atoms with Crippen molar-refractivity contribution >= 4 is 34.6 Å². The number of carboxylic acid groups (broad SMARTS) is 1. The molecule has 3 saturated heterocycles. The highest BCUT2D eigenvalue weighted by Crippen LogP contribution is 2.34. The van der Waals surface area contributed by atoms with Gasteiger partial charge in [0.15, 0.2) is 0 Å². The number of aliphatic hydroxyl groups is 1. The molecule has 0 radical (unpaired) electrons. The van der Waals surface area contributed by atoms with Gasteiger partial charge in [-0.2, -0.15) is 0 Å². The van der Waals surface area contributed by atoms with Crippen molar-refractivity contribution in [1.82, 2.24) is 20.5 Å². The number of piperidine rings is 3. The number of aromatic amines is 1. The number of aliphatic hydroxyl groups excluding tert-OH is 1. The van der Waals surface area contributed by atoms with Crippen LogP contribution in [0, 0.1) is 5.92 Å². The molecule has 0 spiro atoms. The Morgan fingerprint density at radius 2 is 1.67 bits per heavy atom. The zero-order chi connectivity index (χ0) is 44.0. The Morgan fingerprint density at radius 3 is 2.41 bits per heavy atom. The van der Waals surface area contributed by atoms with Crippen molar-refractivity contribution in [3.8, 4) is 17.2 Å². The number of hydrogen-bond acceptors (Lipinski definition) is 10. The van der Waals surface area contributed by atoms with Gasteiger partial charge in [-0.25, -0.2) is 9.59 Å². The van der Waals surface area contributed by atoms with E-state index >= 15 is 0 Å². The average molecular weight is 873 g/mol. The Balaban J connectivity index is 0.901. The van der Waals surface area contributed by atoms with Gasteiger partial charge in [-0.3, -0.25) is 9.69 Å². The van der Waals surface area contributed by atoms with Crippen molar-refractivity contribution in [2.75, 3.05) is 26.2 Å². The number of aromatic hydroxyl groups is 1. The Hall–Kier alpha value is -6.38. The maximum atomic E-state index is 13.3. The third kappa shape index (κ3) is 10.3. The molecule has 0 aliphatic carbocycles. The van der Waals surface area contributed by atoms with E-state index in [0.29, 0.717) is 45.5 Å². The molecule has 3 fully saturated rings. The molecule has 13 nitrogen and oxygen atoms in total. The van der Waals surface area contributed by atoms with E-state index in [1.165, 1.54) is 18.2 Å². The van der Waals surface area contributed by atoms with Gasteiger partial charge in [0.2, 0.25) is 5.56 Å². The molecule has 0 saturated carbocycles. The van der Waals surface area contributed by atoms with Gasteiger partial charge in [-0.15, -0.1) is 0 Å². The third-order valence-corrected chi connectivity index (χ3v) is 12.2. The Bertz CT molecular complexity index is 2650. The lowest BCUT2D eigenvalue weighted by atomic mass is 9.86. The van der Waals surface area contributed by atoms with Crippen LogP contribution in [-0.2, 0) is 17.9 Å². The topological polar surface area (TPSA) is 183 Å². The molecule has 4 heterocycles. The molecule has 63 heavy (non-hydrogen) atoms. The minimum absolute atomic E-state index is 0.0819. The van der Waals surface area contributed by atoms with Crippen molar-refractivity contribution in [3.05, 3.63) is 170 Å². The molecule has 1 aromatic heterocycles. The zero-order valence-electron chi connectivity index (χ0n) is 34.6. The van der Waals surface area contributed by atoms with Crippen LogP contribution in [0.4, 0.5) is 4.79 Å². The van der Waals surface area contributed by atoms with Crippen LogP contribution in [0.2, 0.25) is 5.02 Å². The molecular formula is C49H49ClN4O9. The summed E-state index contributed by atoms with van der Waals surface area (Å²) >= 11 is 6.68. The maximum absolute atomic E-state index is 13.3. The fraction of sp³-hybridized carbons (Fsp3) is 0.286. The first-order valence-corrected chi connectivity index (χ1v) is 21.4. The third-order valence-electron chi connectivity index (χ3n) is 11.9. The van der Waals surface area contributed by atoms with Gasteiger partial charge in [0.05, 0.1) is 28.2 Å². The summed E-state index contributed by atoms with van der Waals surface area (Å²) in [5, 5.41) is 38.4. The van der Waals surface area contributed by atoms with Crippen molar-refractivity contribution in [2.45, 2.75) is 57.3 Å². The van der Waals surface area contributed by atoms with E-state index in [4.69, 9.17) is 25.8 Å². The number of H-pyrrole nitrogens is 1. The van der Waals surface area contributed by atoms with Gasteiger partial charge in [0.25, 0.3) is 0 Å². The molecule has 3 aliphatic heterocycles. The van der Waals surface area contributed by atoms with E-state index < -0.39 is 30.3 Å². The number of phenols is 1. The van der Waals surface area contributed by atoms with E-state index in [9.17, 15) is 29.7 Å². The number of hydrogen-bond donors (Lipinski definition) is 6. The fourth-order valence-electron chi connectivity index (χ4n) is 8.54. The first-order valence-electron chi connectivity index (χ1n) is 21.0. The second kappa shape index (κ2) is 19.3. The number of nitrogens with one attached hydrogen (secondary N) is 3. The number of nitrogens with zero attached hydrogens (tertiary/aromatic N) is 1. The summed E-state index contributed by atoms with van der Waals surface area (Å²) in [5.74, 6) is 0.129. The Morgan fingerprint density at radius 1 is 0.889 bits per heavy atom. The molecular weight excluding hydrogens is 824 g/mol. The van der Waals surface area contributed by atoms with Gasteiger partial charge in [0, 0.05) is 36.7 Å². The van der Waals surface area contributed by atoms with Crippen LogP contribution in [0.3, 0.4) is 0 Å². The summed E-state index contributed by atoms with van der Waals surface area (Å²) in [7, 11) is 0. The predicted octanol–water partition coefficient (Wildman–Crippen LogP) is 8.04. The number of ether oxygens (including phenoxy) is 3. The standard InChI is InChI=1S/C49H49ClN4O9/c1-29(62-43-16-11-30(23-40(43)50)25-51-26-42(56)36-13-15-41(55)47-37(36)14-17-45(57)52-47)39-22-31(10-12-38(39)48(58)59)28-61-35-9-5-8-34(24-35)46(33-6-3-2-4-7-33)53-49(60)63-44-27-54-20-18-32(44)19-21-54/h2-17,22-24,29,32,42,44,46,51,55-56H,18-21,25-28H2,1H3,(H,52,57)(H,53,60)(H,58,59)/t29?,42-,44-,46-/m0/s1. The average Bonchev–Trinajstić information content (AvgIpc) is 3.29. The van der Waals surface area contributed by atoms with Gasteiger partial charge in [0.1, 0.15) is 36.1 Å². The highest BCUT2D eigenvalue weighted by molar-refractivity contribution is 6.32. The predicted molar refractivity (Wildman–Crippen MR) is 238 cm³/mol. The number of aromatic nitrogens is 1. The number of carboxylic acids is 1. The van der Waals surface area contributed by atoms with Crippen molar-refractivity contribution in [1.29, 1.82) is 0 Å². The monoisotopic (exact) mass is 872 g/mol. The minimum atomic E-state index is -1.10. The van der Waals surface area contributed by atoms with Crippen molar-refractivity contribution in [2.24, 2.45) is 5.92 Å². The fourth-order valence-corrected chi connectivity index (χ4v) is 8.79. The number of carbonyl (C=O) groups excluding carboxylic acids is 1. The summed E-state index contributed by atoms with van der Waals surface area (Å²) in [6.45, 7) is 5.30. The highest BCUT2D eigenvalue weighted by Gasteiger charge is 2.37. The van der Waals surface area contributed by atoms with Gasteiger partial charge in [-0.05, 0) is 115 Å². The number of benzene rings is 5. The first kappa shape index (κ1) is 43.3. The van der Waals surface area contributed by atoms with Crippen LogP contribution < -0.4 is 25.7 Å². The summed E-state index contributed by atoms with van der Waals surface area (Å²) in [5.41, 5.74) is 4.21. The number of halogens is 1. The molecule has 326 valence electrons. The molecule has 9 rings (SSSR count). The molecule has 2 bridgehead atoms. The molecule has 14 heteroatoms. The first-order chi connectivity index (χ1) is 30.5. The lowest BCUT2D eigenvalue weighted by Crippen LogP contribution is -2.52. The summed E-state index contributed by atoms with van der Waals surface area (Å²) < 4.78 is 18.5. The zero-order valence-corrected chi connectivity index (χ0v) is 35.4. The number of rotatable bonds is 16. The molecule has 6 aromatic rings. The van der Waals surface area contributed by atoms with E-state index in [-0.39, 0.29) is 41.6 Å². The lowest BCUT2D eigenvalue weighted by molar-refractivity contribution is -0.0336. The number of alkyl carbamates (subject to hydrolysis) is 1. The van der Waals surface area contributed by atoms with Crippen molar-refractivity contribution < 1.29 is 39.1 Å². The van der Waals surface area contributed by atoms with Gasteiger partial charge in [-0.1, -0.05) is 72.3 Å². The van der Waals surface area contributed by atoms with Crippen LogP contribution in [0.25, 0.3) is 10.9 Å². The highest BCUT2D eigenvalue weighted by atomic mass is 35.5. The molecule has 4 atom stereocenters. The minimum Gasteiger partial charge on any atom is -0.506 e. The molecule has 6 N–H and O–H groups in total.